The van der Waals surface area contributed by atoms with E-state index in [2.05, 4.69) is 5.32 Å². The Labute approximate surface area is 83.9 Å². The van der Waals surface area contributed by atoms with Gasteiger partial charge in [0.2, 0.25) is 0 Å². The summed E-state index contributed by atoms with van der Waals surface area (Å²) in [7, 11) is 0. The molecule has 2 rings (SSSR count). The van der Waals surface area contributed by atoms with Gasteiger partial charge in [0.15, 0.2) is 5.78 Å². The summed E-state index contributed by atoms with van der Waals surface area (Å²) in [5.41, 5.74) is -0.170. The summed E-state index contributed by atoms with van der Waals surface area (Å²) in [5.74, 6) is 0.197. The first-order valence-electron chi connectivity index (χ1n) is 4.39. The highest BCUT2D eigenvalue weighted by Gasteiger charge is 2.36. The quantitative estimate of drug-likeness (QED) is 0.639. The first kappa shape index (κ1) is 10.5. The van der Waals surface area contributed by atoms with Crippen LogP contribution in [0.25, 0.3) is 0 Å². The van der Waals surface area contributed by atoms with Gasteiger partial charge < -0.3 is 10.1 Å². The van der Waals surface area contributed by atoms with Crippen LogP contribution < -0.4 is 5.32 Å². The largest absolute Gasteiger partial charge is 0.494 e. The summed E-state index contributed by atoms with van der Waals surface area (Å²) in [5, 5.41) is 3.26. The third-order valence-corrected chi connectivity index (χ3v) is 2.58. The number of hydrogen-bond acceptors (Lipinski definition) is 3. The predicted octanol–water partition coefficient (Wildman–Crippen LogP) is 1.03. The van der Waals surface area contributed by atoms with Crippen LogP contribution in [0.2, 0.25) is 0 Å². The number of halogens is 1. The molecule has 0 bridgehead atoms. The van der Waals surface area contributed by atoms with Gasteiger partial charge in [-0.2, -0.15) is 0 Å². The van der Waals surface area contributed by atoms with Crippen LogP contribution in [0.4, 0.5) is 0 Å². The number of carbonyl (C=O) groups is 1. The minimum absolute atomic E-state index is 0. The summed E-state index contributed by atoms with van der Waals surface area (Å²) in [6.07, 6.45) is 5.53. The molecule has 3 nitrogen and oxygen atoms in total. The van der Waals surface area contributed by atoms with Crippen molar-refractivity contribution in [1.29, 1.82) is 0 Å². The highest BCUT2D eigenvalue weighted by atomic mass is 35.5. The van der Waals surface area contributed by atoms with Gasteiger partial charge in [0.05, 0.1) is 12.7 Å². The molecule has 1 fully saturated rings. The lowest BCUT2D eigenvalue weighted by atomic mass is 9.86. The van der Waals surface area contributed by atoms with E-state index in [-0.39, 0.29) is 23.8 Å². The molecule has 0 radical (unpaired) electrons. The number of carbonyl (C=O) groups excluding carboxylic acids is 1. The maximum Gasteiger partial charge on any atom is 0.162 e. The summed E-state index contributed by atoms with van der Waals surface area (Å²) in [4.78, 5) is 11.1. The monoisotopic (exact) mass is 203 g/mol. The molecule has 0 aromatic heterocycles. The van der Waals surface area contributed by atoms with Crippen molar-refractivity contribution in [3.63, 3.8) is 0 Å². The zero-order valence-corrected chi connectivity index (χ0v) is 8.23. The number of nitrogens with one attached hydrogen (secondary N) is 1. The molecular formula is C9H14ClNO2. The van der Waals surface area contributed by atoms with Gasteiger partial charge in [-0.3, -0.25) is 4.79 Å². The van der Waals surface area contributed by atoms with Crippen molar-refractivity contribution in [2.24, 2.45) is 0 Å². The third-order valence-electron chi connectivity index (χ3n) is 2.58. The molecule has 1 spiro atoms. The highest BCUT2D eigenvalue weighted by molar-refractivity contribution is 5.90. The average molecular weight is 204 g/mol. The van der Waals surface area contributed by atoms with Crippen LogP contribution in [-0.2, 0) is 9.53 Å². The van der Waals surface area contributed by atoms with E-state index in [1.807, 2.05) is 0 Å². The van der Waals surface area contributed by atoms with Gasteiger partial charge in [-0.15, -0.1) is 12.4 Å². The molecule has 0 aromatic rings. The van der Waals surface area contributed by atoms with E-state index in [1.165, 1.54) is 6.08 Å². The summed E-state index contributed by atoms with van der Waals surface area (Å²) in [6.45, 7) is 1.92. The van der Waals surface area contributed by atoms with Gasteiger partial charge in [-0.05, 0) is 13.1 Å². The Morgan fingerprint density at radius 2 is 2.08 bits per heavy atom. The molecule has 4 heteroatoms. The lowest BCUT2D eigenvalue weighted by molar-refractivity contribution is -0.123. The van der Waals surface area contributed by atoms with Gasteiger partial charge in [-0.25, -0.2) is 0 Å². The molecule has 1 saturated heterocycles. The van der Waals surface area contributed by atoms with Crippen molar-refractivity contribution in [2.75, 3.05) is 13.1 Å². The van der Waals surface area contributed by atoms with Gasteiger partial charge in [0.1, 0.15) is 5.60 Å². The number of rotatable bonds is 0. The van der Waals surface area contributed by atoms with Gasteiger partial charge in [-0.1, -0.05) is 0 Å². The van der Waals surface area contributed by atoms with Crippen molar-refractivity contribution in [3.8, 4) is 0 Å². The van der Waals surface area contributed by atoms with Gasteiger partial charge in [0, 0.05) is 18.9 Å². The van der Waals surface area contributed by atoms with Gasteiger partial charge in [0.25, 0.3) is 0 Å². The molecule has 0 atom stereocenters. The van der Waals surface area contributed by atoms with Crippen LogP contribution in [0.5, 0.6) is 0 Å². The number of hydrogen-bond donors (Lipinski definition) is 1. The van der Waals surface area contributed by atoms with E-state index in [9.17, 15) is 4.79 Å². The number of allylic oxidation sites excluding steroid dienone is 1. The number of piperidine rings is 1. The van der Waals surface area contributed by atoms with Crippen molar-refractivity contribution in [3.05, 3.63) is 12.3 Å². The second-order valence-corrected chi connectivity index (χ2v) is 3.50. The Hall–Kier alpha value is -0.540. The molecule has 74 valence electrons. The number of ketones is 1. The van der Waals surface area contributed by atoms with Crippen LogP contribution in [0.3, 0.4) is 0 Å². The van der Waals surface area contributed by atoms with E-state index in [4.69, 9.17) is 4.74 Å². The van der Waals surface area contributed by atoms with E-state index >= 15 is 0 Å². The third kappa shape index (κ3) is 2.23. The minimum atomic E-state index is -0.170. The van der Waals surface area contributed by atoms with Crippen molar-refractivity contribution >= 4 is 18.2 Å². The first-order valence-corrected chi connectivity index (χ1v) is 4.39. The molecule has 2 aliphatic rings. The maximum absolute atomic E-state index is 11.1. The Balaban J connectivity index is 0.000000845. The zero-order chi connectivity index (χ0) is 8.44. The maximum atomic E-state index is 11.1. The SMILES string of the molecule is Cl.O=C1C=COC2(CCNCC2)C1. The normalized spacial score (nSPS) is 25.1. The molecule has 13 heavy (non-hydrogen) atoms. The molecule has 0 aliphatic carbocycles. The Bertz CT molecular complexity index is 222. The van der Waals surface area contributed by atoms with E-state index in [0.717, 1.165) is 25.9 Å². The van der Waals surface area contributed by atoms with Crippen LogP contribution in [0.1, 0.15) is 19.3 Å². The lowest BCUT2D eigenvalue weighted by Crippen LogP contribution is -2.45. The fourth-order valence-electron chi connectivity index (χ4n) is 1.85. The molecule has 0 aromatic carbocycles. The van der Waals surface area contributed by atoms with Gasteiger partial charge >= 0.3 is 0 Å². The van der Waals surface area contributed by atoms with Crippen LogP contribution in [0, 0.1) is 0 Å². The molecule has 0 saturated carbocycles. The molecule has 0 amide bonds. The summed E-state index contributed by atoms with van der Waals surface area (Å²) in [6, 6.07) is 0. The summed E-state index contributed by atoms with van der Waals surface area (Å²) < 4.78 is 5.54. The smallest absolute Gasteiger partial charge is 0.162 e. The fourth-order valence-corrected chi connectivity index (χ4v) is 1.85. The van der Waals surface area contributed by atoms with E-state index in [1.54, 1.807) is 6.26 Å². The topological polar surface area (TPSA) is 38.3 Å². The van der Waals surface area contributed by atoms with Crippen molar-refractivity contribution < 1.29 is 9.53 Å². The Morgan fingerprint density at radius 3 is 2.69 bits per heavy atom. The second kappa shape index (κ2) is 4.11. The fraction of sp³-hybridized carbons (Fsp3) is 0.667. The predicted molar refractivity (Wildman–Crippen MR) is 51.9 cm³/mol. The van der Waals surface area contributed by atoms with E-state index < -0.39 is 0 Å². The van der Waals surface area contributed by atoms with Crippen molar-refractivity contribution in [2.45, 2.75) is 24.9 Å². The molecule has 2 heterocycles. The molecule has 1 N–H and O–H groups in total. The van der Waals surface area contributed by atoms with Crippen LogP contribution >= 0.6 is 12.4 Å². The standard InChI is InChI=1S/C9H13NO2.ClH/c11-8-1-6-12-9(7-8)2-4-10-5-3-9;/h1,6,10H,2-5,7H2;1H. The van der Waals surface area contributed by atoms with Crippen molar-refractivity contribution in [1.82, 2.24) is 5.32 Å². The van der Waals surface area contributed by atoms with Crippen LogP contribution in [0.15, 0.2) is 12.3 Å². The summed E-state index contributed by atoms with van der Waals surface area (Å²) >= 11 is 0. The second-order valence-electron chi connectivity index (χ2n) is 3.50. The lowest BCUT2D eigenvalue weighted by Gasteiger charge is -2.37. The molecular weight excluding hydrogens is 190 g/mol. The molecule has 2 aliphatic heterocycles. The Morgan fingerprint density at radius 1 is 1.38 bits per heavy atom. The Kier molecular flexibility index (Phi) is 3.33. The van der Waals surface area contributed by atoms with E-state index in [0.29, 0.717) is 6.42 Å². The first-order chi connectivity index (χ1) is 5.81. The minimum Gasteiger partial charge on any atom is -0.494 e. The zero-order valence-electron chi connectivity index (χ0n) is 7.41. The number of ether oxygens (including phenoxy) is 1. The highest BCUT2D eigenvalue weighted by Crippen LogP contribution is 2.30. The average Bonchev–Trinajstić information content (AvgIpc) is 2.05. The molecule has 0 unspecified atom stereocenters. The van der Waals surface area contributed by atoms with Crippen LogP contribution in [-0.4, -0.2) is 24.5 Å².